The van der Waals surface area contributed by atoms with Gasteiger partial charge in [-0.05, 0) is 60.0 Å². The lowest BCUT2D eigenvalue weighted by Crippen LogP contribution is -2.38. The zero-order chi connectivity index (χ0) is 21.4. The monoisotopic (exact) mass is 427 g/mol. The molecule has 3 aromatic carbocycles. The number of para-hydroxylation sites is 2. The van der Waals surface area contributed by atoms with Crippen molar-refractivity contribution in [2.24, 2.45) is 0 Å². The van der Waals surface area contributed by atoms with E-state index in [-0.39, 0.29) is 12.1 Å². The predicted octanol–water partition coefficient (Wildman–Crippen LogP) is 6.58. The third kappa shape index (κ3) is 3.60. The maximum atomic E-state index is 13.6. The summed E-state index contributed by atoms with van der Waals surface area (Å²) < 4.78 is 2.18. The lowest BCUT2D eigenvalue weighted by molar-refractivity contribution is 0.194. The van der Waals surface area contributed by atoms with Crippen LogP contribution in [-0.2, 0) is 6.54 Å². The number of hydrogen-bond donors (Lipinski definition) is 1. The average molecular weight is 428 g/mol. The van der Waals surface area contributed by atoms with Crippen LogP contribution in [0.5, 0.6) is 0 Å². The minimum absolute atomic E-state index is 0.140. The molecule has 5 heteroatoms. The predicted molar refractivity (Wildman–Crippen MR) is 125 cm³/mol. The van der Waals surface area contributed by atoms with E-state index in [1.54, 1.807) is 0 Å². The number of fused-ring (bicyclic) bond motifs is 3. The van der Waals surface area contributed by atoms with Crippen LogP contribution in [-0.4, -0.2) is 15.5 Å². The normalized spacial score (nSPS) is 15.0. The summed E-state index contributed by atoms with van der Waals surface area (Å²) in [7, 11) is 0. The molecule has 0 fully saturated rings. The summed E-state index contributed by atoms with van der Waals surface area (Å²) in [6.45, 7) is 2.48. The number of carbonyl (C=O) groups excluding carboxylic acids is 1. The number of nitrogens with one attached hydrogen (secondary N) is 1. The van der Waals surface area contributed by atoms with Gasteiger partial charge < -0.3 is 14.8 Å². The number of halogens is 1. The molecule has 1 aliphatic heterocycles. The van der Waals surface area contributed by atoms with E-state index in [1.807, 2.05) is 78.6 Å². The summed E-state index contributed by atoms with van der Waals surface area (Å²) in [6, 6.07) is 27.5. The van der Waals surface area contributed by atoms with Crippen molar-refractivity contribution in [3.8, 4) is 5.69 Å². The second-order valence-electron chi connectivity index (χ2n) is 7.76. The molecular weight excluding hydrogens is 406 g/mol. The Kier molecular flexibility index (Phi) is 5.00. The van der Waals surface area contributed by atoms with E-state index in [4.69, 9.17) is 11.6 Å². The lowest BCUT2D eigenvalue weighted by atomic mass is 10.0. The molecule has 0 spiro atoms. The Bertz CT molecular complexity index is 1250. The molecule has 154 valence electrons. The van der Waals surface area contributed by atoms with Crippen LogP contribution < -0.4 is 5.32 Å². The SMILES string of the molecule is Cc1ccccc1NC(=O)N1Cc2ccccc2-n2cccc2C1c1ccc(Cl)cc1. The van der Waals surface area contributed by atoms with Gasteiger partial charge in [-0.3, -0.25) is 0 Å². The summed E-state index contributed by atoms with van der Waals surface area (Å²) in [5.41, 5.74) is 6.07. The second-order valence-corrected chi connectivity index (χ2v) is 8.20. The number of benzene rings is 3. The summed E-state index contributed by atoms with van der Waals surface area (Å²) in [5.74, 6) is 0. The van der Waals surface area contributed by atoms with Gasteiger partial charge >= 0.3 is 6.03 Å². The molecule has 4 nitrogen and oxygen atoms in total. The Labute approximate surface area is 186 Å². The van der Waals surface area contributed by atoms with E-state index >= 15 is 0 Å². The quantitative estimate of drug-likeness (QED) is 0.385. The summed E-state index contributed by atoms with van der Waals surface area (Å²) in [6.07, 6.45) is 2.06. The number of rotatable bonds is 2. The van der Waals surface area contributed by atoms with Crippen LogP contribution in [0.25, 0.3) is 5.69 Å². The molecule has 0 bridgehead atoms. The van der Waals surface area contributed by atoms with Crippen LogP contribution in [0.2, 0.25) is 5.02 Å². The largest absolute Gasteiger partial charge is 0.322 e. The van der Waals surface area contributed by atoms with Crippen LogP contribution in [0, 0.1) is 6.92 Å². The molecule has 1 N–H and O–H groups in total. The van der Waals surface area contributed by atoms with Crippen molar-refractivity contribution in [1.29, 1.82) is 0 Å². The van der Waals surface area contributed by atoms with Crippen LogP contribution in [0.4, 0.5) is 10.5 Å². The molecule has 0 saturated heterocycles. The molecule has 1 aliphatic rings. The molecular formula is C26H22ClN3O. The van der Waals surface area contributed by atoms with Crippen molar-refractivity contribution in [2.45, 2.75) is 19.5 Å². The molecule has 4 aromatic rings. The van der Waals surface area contributed by atoms with Crippen molar-refractivity contribution >= 4 is 23.3 Å². The summed E-state index contributed by atoms with van der Waals surface area (Å²) in [4.78, 5) is 15.5. The van der Waals surface area contributed by atoms with E-state index in [1.165, 1.54) is 0 Å². The number of hydrogen-bond acceptors (Lipinski definition) is 1. The zero-order valence-corrected chi connectivity index (χ0v) is 17.9. The highest BCUT2D eigenvalue weighted by Gasteiger charge is 2.33. The molecule has 0 aliphatic carbocycles. The number of urea groups is 1. The Hall–Kier alpha value is -3.50. The Morgan fingerprint density at radius 3 is 2.48 bits per heavy atom. The first-order chi connectivity index (χ1) is 15.1. The fraction of sp³-hybridized carbons (Fsp3) is 0.115. The van der Waals surface area contributed by atoms with Crippen molar-refractivity contribution in [2.75, 3.05) is 5.32 Å². The van der Waals surface area contributed by atoms with E-state index < -0.39 is 0 Å². The maximum absolute atomic E-state index is 13.6. The van der Waals surface area contributed by atoms with Crippen LogP contribution in [0.3, 0.4) is 0 Å². The Balaban J connectivity index is 1.64. The van der Waals surface area contributed by atoms with Gasteiger partial charge in [0, 0.05) is 22.6 Å². The number of aryl methyl sites for hydroxylation is 1. The Morgan fingerprint density at radius 1 is 0.935 bits per heavy atom. The molecule has 2 amide bonds. The van der Waals surface area contributed by atoms with Crippen LogP contribution in [0.1, 0.15) is 28.4 Å². The molecule has 1 unspecified atom stereocenters. The number of anilines is 1. The minimum Gasteiger partial charge on any atom is -0.318 e. The molecule has 1 aromatic heterocycles. The first-order valence-electron chi connectivity index (χ1n) is 10.3. The van der Waals surface area contributed by atoms with Gasteiger partial charge in [0.1, 0.15) is 0 Å². The second kappa shape index (κ2) is 7.97. The van der Waals surface area contributed by atoms with Gasteiger partial charge in [0.15, 0.2) is 0 Å². The first-order valence-corrected chi connectivity index (χ1v) is 10.6. The highest BCUT2D eigenvalue weighted by molar-refractivity contribution is 6.30. The topological polar surface area (TPSA) is 37.3 Å². The van der Waals surface area contributed by atoms with Gasteiger partial charge in [0.05, 0.1) is 18.3 Å². The fourth-order valence-electron chi connectivity index (χ4n) is 4.24. The van der Waals surface area contributed by atoms with Crippen molar-refractivity contribution < 1.29 is 4.79 Å². The third-order valence-corrected chi connectivity index (χ3v) is 6.05. The van der Waals surface area contributed by atoms with Gasteiger partial charge in [-0.25, -0.2) is 4.79 Å². The van der Waals surface area contributed by atoms with Crippen LogP contribution >= 0.6 is 11.6 Å². The van der Waals surface area contributed by atoms with Crippen molar-refractivity contribution in [3.05, 3.63) is 119 Å². The van der Waals surface area contributed by atoms with Crippen LogP contribution in [0.15, 0.2) is 91.1 Å². The standard InChI is InChI=1S/C26H22ClN3O/c1-18-7-2-4-9-22(18)28-26(31)30-17-20-8-3-5-10-23(20)29-16-6-11-24(29)25(30)19-12-14-21(27)15-13-19/h2-16,25H,17H2,1H3,(H,28,31). The molecule has 0 saturated carbocycles. The van der Waals surface area contributed by atoms with Gasteiger partial charge in [-0.2, -0.15) is 0 Å². The highest BCUT2D eigenvalue weighted by atomic mass is 35.5. The minimum atomic E-state index is -0.260. The maximum Gasteiger partial charge on any atom is 0.322 e. The summed E-state index contributed by atoms with van der Waals surface area (Å²) >= 11 is 6.16. The molecule has 1 atom stereocenters. The molecule has 5 rings (SSSR count). The van der Waals surface area contributed by atoms with Gasteiger partial charge in [-0.1, -0.05) is 60.1 Å². The van der Waals surface area contributed by atoms with E-state index in [9.17, 15) is 4.79 Å². The van der Waals surface area contributed by atoms with Gasteiger partial charge in [0.2, 0.25) is 0 Å². The first kappa shape index (κ1) is 19.5. The van der Waals surface area contributed by atoms with E-state index in [2.05, 4.69) is 34.3 Å². The lowest BCUT2D eigenvalue weighted by Gasteiger charge is -2.31. The van der Waals surface area contributed by atoms with Gasteiger partial charge in [-0.15, -0.1) is 0 Å². The molecule has 2 heterocycles. The van der Waals surface area contributed by atoms with E-state index in [0.29, 0.717) is 11.6 Å². The zero-order valence-electron chi connectivity index (χ0n) is 17.1. The molecule has 0 radical (unpaired) electrons. The number of nitrogens with zero attached hydrogens (tertiary/aromatic N) is 2. The molecule has 31 heavy (non-hydrogen) atoms. The number of amides is 2. The number of aromatic nitrogens is 1. The number of carbonyl (C=O) groups is 1. The average Bonchev–Trinajstić information content (AvgIpc) is 3.20. The van der Waals surface area contributed by atoms with E-state index in [0.717, 1.165) is 33.8 Å². The van der Waals surface area contributed by atoms with Crippen molar-refractivity contribution in [3.63, 3.8) is 0 Å². The van der Waals surface area contributed by atoms with Gasteiger partial charge in [0.25, 0.3) is 0 Å². The fourth-order valence-corrected chi connectivity index (χ4v) is 4.36. The summed E-state index contributed by atoms with van der Waals surface area (Å²) in [5, 5.41) is 3.80. The highest BCUT2D eigenvalue weighted by Crippen LogP contribution is 2.37. The Morgan fingerprint density at radius 2 is 1.68 bits per heavy atom. The third-order valence-electron chi connectivity index (χ3n) is 5.80. The smallest absolute Gasteiger partial charge is 0.318 e. The van der Waals surface area contributed by atoms with Crippen molar-refractivity contribution in [1.82, 2.24) is 9.47 Å².